The predicted octanol–water partition coefficient (Wildman–Crippen LogP) is 9.10. The normalized spacial score (nSPS) is 15.1. The summed E-state index contributed by atoms with van der Waals surface area (Å²) in [6, 6.07) is 3.88. The van der Waals surface area contributed by atoms with Gasteiger partial charge in [0.25, 0.3) is 0 Å². The molecule has 1 aromatic carbocycles. The summed E-state index contributed by atoms with van der Waals surface area (Å²) < 4.78 is 28.2. The number of aryl methyl sites for hydroxylation is 1. The van der Waals surface area contributed by atoms with Gasteiger partial charge in [-0.15, -0.1) is 0 Å². The minimum Gasteiger partial charge on any atom is -0.262 e. The number of nitrogens with zero attached hydrogens (tertiary/aromatic N) is 1. The molecule has 0 amide bonds. The summed E-state index contributed by atoms with van der Waals surface area (Å²) in [5.41, 5.74) is 5.24. The van der Waals surface area contributed by atoms with E-state index >= 15 is 0 Å². The van der Waals surface area contributed by atoms with Crippen molar-refractivity contribution in [3.05, 3.63) is 47.2 Å². The van der Waals surface area contributed by atoms with Crippen molar-refractivity contribution >= 4 is 5.71 Å². The van der Waals surface area contributed by atoms with Crippen LogP contribution in [-0.2, 0) is 12.8 Å². The second-order valence-electron chi connectivity index (χ2n) is 10.7. The Morgan fingerprint density at radius 1 is 1.03 bits per heavy atom. The summed E-state index contributed by atoms with van der Waals surface area (Å²) in [5, 5.41) is 0. The molecule has 1 nitrogen and oxygen atoms in total. The van der Waals surface area contributed by atoms with E-state index in [1.54, 1.807) is 6.20 Å². The van der Waals surface area contributed by atoms with Crippen molar-refractivity contribution in [2.75, 3.05) is 0 Å². The van der Waals surface area contributed by atoms with Gasteiger partial charge in [-0.2, -0.15) is 0 Å². The maximum absolute atomic E-state index is 14.1. The van der Waals surface area contributed by atoms with E-state index in [2.05, 4.69) is 53.1 Å². The molecule has 1 rings (SSSR count). The Balaban J connectivity index is 3.55. The van der Waals surface area contributed by atoms with Crippen molar-refractivity contribution in [1.29, 1.82) is 0 Å². The zero-order chi connectivity index (χ0) is 23.9. The lowest BCUT2D eigenvalue weighted by molar-refractivity contribution is 0.0222. The van der Waals surface area contributed by atoms with Crippen molar-refractivity contribution in [2.45, 2.75) is 113 Å². The van der Waals surface area contributed by atoms with E-state index < -0.39 is 5.92 Å². The fourth-order valence-electron chi connectivity index (χ4n) is 4.89. The summed E-state index contributed by atoms with van der Waals surface area (Å²) in [4.78, 5) is 4.44. The third-order valence-electron chi connectivity index (χ3n) is 6.48. The molecule has 0 aliphatic heterocycles. The minimum atomic E-state index is -2.74. The highest BCUT2D eigenvalue weighted by Gasteiger charge is 2.32. The highest BCUT2D eigenvalue weighted by Crippen LogP contribution is 2.41. The van der Waals surface area contributed by atoms with Crippen LogP contribution in [0, 0.1) is 17.8 Å². The summed E-state index contributed by atoms with van der Waals surface area (Å²) in [7, 11) is 0. The molecule has 1 unspecified atom stereocenters. The lowest BCUT2D eigenvalue weighted by atomic mass is 9.69. The minimum absolute atomic E-state index is 0.120. The molecule has 1 aromatic rings. The Morgan fingerprint density at radius 3 is 2.16 bits per heavy atom. The molecule has 3 heteroatoms. The summed E-state index contributed by atoms with van der Waals surface area (Å²) >= 11 is 0. The van der Waals surface area contributed by atoms with Gasteiger partial charge in [0.15, 0.2) is 0 Å². The first kappa shape index (κ1) is 27.5. The van der Waals surface area contributed by atoms with E-state index in [1.807, 2.05) is 19.1 Å². The van der Waals surface area contributed by atoms with Gasteiger partial charge >= 0.3 is 0 Å². The summed E-state index contributed by atoms with van der Waals surface area (Å²) in [6.07, 6.45) is 8.87. The van der Waals surface area contributed by atoms with Crippen molar-refractivity contribution in [2.24, 2.45) is 15.8 Å². The standard InChI is InChI=1S/C28H45F2N/c1-10-16-28(11-2,18-13-17-26(6,7)8)20-24-23(19-27(9,29)30)15-14-21(4)25(24)22(5)31-12-3/h12,14-15H,3,10-11,13,16-20H2,1-2,4-9H3/b31-22-. The topological polar surface area (TPSA) is 12.4 Å². The van der Waals surface area contributed by atoms with Gasteiger partial charge in [0.2, 0.25) is 5.92 Å². The molecule has 0 saturated heterocycles. The van der Waals surface area contributed by atoms with Gasteiger partial charge in [0.05, 0.1) is 0 Å². The number of rotatable bonds is 12. The third-order valence-corrected chi connectivity index (χ3v) is 6.48. The molecule has 0 N–H and O–H groups in total. The van der Waals surface area contributed by atoms with E-state index in [1.165, 1.54) is 6.42 Å². The summed E-state index contributed by atoms with van der Waals surface area (Å²) in [5.74, 6) is -2.74. The zero-order valence-corrected chi connectivity index (χ0v) is 21.3. The monoisotopic (exact) mass is 433 g/mol. The van der Waals surface area contributed by atoms with Crippen LogP contribution in [0.1, 0.15) is 109 Å². The second kappa shape index (κ2) is 11.4. The molecule has 0 aliphatic rings. The van der Waals surface area contributed by atoms with Crippen LogP contribution in [0.2, 0.25) is 0 Å². The van der Waals surface area contributed by atoms with Crippen molar-refractivity contribution in [3.63, 3.8) is 0 Å². The molecule has 0 spiro atoms. The van der Waals surface area contributed by atoms with Gasteiger partial charge < -0.3 is 0 Å². The first-order valence-corrected chi connectivity index (χ1v) is 11.9. The number of alkyl halides is 2. The smallest absolute Gasteiger partial charge is 0.249 e. The quantitative estimate of drug-likeness (QED) is 0.291. The molecule has 31 heavy (non-hydrogen) atoms. The Morgan fingerprint density at radius 2 is 1.68 bits per heavy atom. The molecule has 176 valence electrons. The SMILES string of the molecule is C=C/N=C(/C)c1c(C)ccc(CC(C)(F)F)c1CC(CC)(CCC)CCCC(C)(C)C. The van der Waals surface area contributed by atoms with Crippen LogP contribution in [0.25, 0.3) is 0 Å². The molecule has 0 bridgehead atoms. The number of benzene rings is 1. The van der Waals surface area contributed by atoms with Gasteiger partial charge in [0.1, 0.15) is 0 Å². The molecule has 0 radical (unpaired) electrons. The molecule has 0 fully saturated rings. The van der Waals surface area contributed by atoms with Crippen LogP contribution in [0.5, 0.6) is 0 Å². The molecule has 0 aliphatic carbocycles. The largest absolute Gasteiger partial charge is 0.262 e. The highest BCUT2D eigenvalue weighted by atomic mass is 19.3. The first-order chi connectivity index (χ1) is 14.3. The first-order valence-electron chi connectivity index (χ1n) is 11.9. The highest BCUT2D eigenvalue weighted by molar-refractivity contribution is 6.02. The van der Waals surface area contributed by atoms with E-state index in [9.17, 15) is 8.78 Å². The lowest BCUT2D eigenvalue weighted by Gasteiger charge is -2.36. The van der Waals surface area contributed by atoms with Crippen LogP contribution in [0.15, 0.2) is 29.9 Å². The maximum Gasteiger partial charge on any atom is 0.249 e. The zero-order valence-electron chi connectivity index (χ0n) is 21.3. The van der Waals surface area contributed by atoms with E-state index in [0.29, 0.717) is 5.41 Å². The van der Waals surface area contributed by atoms with Gasteiger partial charge in [0, 0.05) is 23.9 Å². The average molecular weight is 434 g/mol. The number of aliphatic imine (C=N–C) groups is 1. The lowest BCUT2D eigenvalue weighted by Crippen LogP contribution is -2.27. The van der Waals surface area contributed by atoms with E-state index in [4.69, 9.17) is 0 Å². The van der Waals surface area contributed by atoms with Gasteiger partial charge in [-0.1, -0.05) is 72.6 Å². The molecular weight excluding hydrogens is 388 g/mol. The summed E-state index contributed by atoms with van der Waals surface area (Å²) in [6.45, 7) is 20.1. The Labute approximate surface area is 190 Å². The molecule has 1 atom stereocenters. The predicted molar refractivity (Wildman–Crippen MR) is 133 cm³/mol. The average Bonchev–Trinajstić information content (AvgIpc) is 2.62. The molecule has 0 heterocycles. The molecule has 0 saturated carbocycles. The Bertz CT molecular complexity index is 750. The van der Waals surface area contributed by atoms with Crippen molar-refractivity contribution in [3.8, 4) is 0 Å². The van der Waals surface area contributed by atoms with Crippen molar-refractivity contribution < 1.29 is 8.78 Å². The van der Waals surface area contributed by atoms with Gasteiger partial charge in [-0.3, -0.25) is 4.99 Å². The number of halogens is 2. The Hall–Kier alpha value is -1.51. The number of hydrogen-bond acceptors (Lipinski definition) is 1. The Kier molecular flexibility index (Phi) is 10.1. The van der Waals surface area contributed by atoms with Crippen LogP contribution in [0.3, 0.4) is 0 Å². The van der Waals surface area contributed by atoms with Gasteiger partial charge in [-0.25, -0.2) is 8.78 Å². The van der Waals surface area contributed by atoms with Gasteiger partial charge in [-0.05, 0) is 74.0 Å². The van der Waals surface area contributed by atoms with Crippen LogP contribution in [0.4, 0.5) is 8.78 Å². The van der Waals surface area contributed by atoms with E-state index in [0.717, 1.165) is 73.4 Å². The fourth-order valence-corrected chi connectivity index (χ4v) is 4.89. The van der Waals surface area contributed by atoms with Crippen LogP contribution < -0.4 is 0 Å². The third kappa shape index (κ3) is 8.86. The maximum atomic E-state index is 14.1. The fraction of sp³-hybridized carbons (Fsp3) is 0.679. The van der Waals surface area contributed by atoms with E-state index in [-0.39, 0.29) is 11.8 Å². The van der Waals surface area contributed by atoms with Crippen molar-refractivity contribution in [1.82, 2.24) is 0 Å². The second-order valence-corrected chi connectivity index (χ2v) is 10.7. The number of hydrogen-bond donors (Lipinski definition) is 0. The van der Waals surface area contributed by atoms with Crippen LogP contribution in [-0.4, -0.2) is 11.6 Å². The molecule has 0 aromatic heterocycles. The van der Waals surface area contributed by atoms with Crippen LogP contribution >= 0.6 is 0 Å². The molecular formula is C28H45F2N.